The topological polar surface area (TPSA) is 64.9 Å². The quantitative estimate of drug-likeness (QED) is 0.293. The van der Waals surface area contributed by atoms with Crippen molar-refractivity contribution in [3.63, 3.8) is 0 Å². The van der Waals surface area contributed by atoms with Crippen molar-refractivity contribution in [2.75, 3.05) is 5.32 Å². The Balaban J connectivity index is 1.47. The summed E-state index contributed by atoms with van der Waals surface area (Å²) in [6.45, 7) is 0. The molecule has 2 heterocycles. The summed E-state index contributed by atoms with van der Waals surface area (Å²) < 4.78 is 0. The lowest BCUT2D eigenvalue weighted by Gasteiger charge is -2.29. The van der Waals surface area contributed by atoms with E-state index in [1.165, 1.54) is 11.1 Å². The minimum atomic E-state index is -0.287. The highest BCUT2D eigenvalue weighted by Gasteiger charge is 2.34. The Morgan fingerprint density at radius 2 is 1.51 bits per heavy atom. The second kappa shape index (κ2) is 10.4. The largest absolute Gasteiger partial charge is 0.323 e. The molecule has 5 rings (SSSR count). The number of benzene rings is 3. The van der Waals surface area contributed by atoms with Crippen LogP contribution in [0.15, 0.2) is 91.0 Å². The van der Waals surface area contributed by atoms with Crippen LogP contribution in [0.5, 0.6) is 0 Å². The molecule has 1 aliphatic rings. The number of hydrogen-bond donors (Lipinski definition) is 2. The SMILES string of the molecule is N#Cc1c(NC(=S)NC(=O)c2ccccc2)sc2c1C[C@@H](c1ccccc1)S[C@H]2c1ccccc1. The molecule has 172 valence electrons. The number of carbonyl (C=O) groups is 1. The summed E-state index contributed by atoms with van der Waals surface area (Å²) in [5.41, 5.74) is 4.63. The van der Waals surface area contributed by atoms with Crippen LogP contribution in [0.25, 0.3) is 0 Å². The van der Waals surface area contributed by atoms with Gasteiger partial charge in [0.25, 0.3) is 5.91 Å². The minimum absolute atomic E-state index is 0.102. The van der Waals surface area contributed by atoms with Crippen molar-refractivity contribution < 1.29 is 4.79 Å². The molecule has 7 heteroatoms. The predicted molar refractivity (Wildman–Crippen MR) is 148 cm³/mol. The number of fused-ring (bicyclic) bond motifs is 1. The van der Waals surface area contributed by atoms with Crippen molar-refractivity contribution in [2.24, 2.45) is 0 Å². The molecule has 2 N–H and O–H groups in total. The average molecular weight is 512 g/mol. The van der Waals surface area contributed by atoms with Gasteiger partial charge >= 0.3 is 0 Å². The van der Waals surface area contributed by atoms with E-state index >= 15 is 0 Å². The second-order valence-electron chi connectivity index (χ2n) is 8.07. The maximum Gasteiger partial charge on any atom is 0.257 e. The summed E-state index contributed by atoms with van der Waals surface area (Å²) in [5.74, 6) is -0.287. The summed E-state index contributed by atoms with van der Waals surface area (Å²) in [5, 5.41) is 17.2. The molecule has 1 aliphatic heterocycles. The number of amides is 1. The Morgan fingerprint density at radius 3 is 2.14 bits per heavy atom. The van der Waals surface area contributed by atoms with Crippen LogP contribution in [0.4, 0.5) is 5.00 Å². The van der Waals surface area contributed by atoms with Gasteiger partial charge in [-0.3, -0.25) is 10.1 Å². The zero-order valence-corrected chi connectivity index (χ0v) is 21.1. The Morgan fingerprint density at radius 1 is 0.914 bits per heavy atom. The van der Waals surface area contributed by atoms with Crippen molar-refractivity contribution in [3.05, 3.63) is 124 Å². The van der Waals surface area contributed by atoms with Crippen LogP contribution in [0.2, 0.25) is 0 Å². The van der Waals surface area contributed by atoms with Gasteiger partial charge in [0.05, 0.1) is 10.8 Å². The fourth-order valence-electron chi connectivity index (χ4n) is 4.18. The van der Waals surface area contributed by atoms with E-state index in [-0.39, 0.29) is 21.5 Å². The first-order valence-corrected chi connectivity index (χ1v) is 13.3. The summed E-state index contributed by atoms with van der Waals surface area (Å²) >= 11 is 8.89. The number of hydrogen-bond acceptors (Lipinski definition) is 5. The highest BCUT2D eigenvalue weighted by Crippen LogP contribution is 2.55. The molecule has 4 nitrogen and oxygen atoms in total. The third-order valence-electron chi connectivity index (χ3n) is 5.84. The Bertz CT molecular complexity index is 1400. The molecule has 0 spiro atoms. The van der Waals surface area contributed by atoms with Gasteiger partial charge in [0, 0.05) is 15.7 Å². The Kier molecular flexibility index (Phi) is 6.96. The molecule has 35 heavy (non-hydrogen) atoms. The van der Waals surface area contributed by atoms with Crippen molar-refractivity contribution in [3.8, 4) is 6.07 Å². The molecule has 1 amide bonds. The van der Waals surface area contributed by atoms with Crippen LogP contribution in [0, 0.1) is 11.3 Å². The number of rotatable bonds is 4. The summed E-state index contributed by atoms with van der Waals surface area (Å²) in [6, 6.07) is 32.2. The van der Waals surface area contributed by atoms with E-state index in [1.54, 1.807) is 35.6 Å². The molecule has 2 atom stereocenters. The Hall–Kier alpha value is -3.44. The van der Waals surface area contributed by atoms with Gasteiger partial charge in [-0.05, 0) is 47.5 Å². The van der Waals surface area contributed by atoms with E-state index < -0.39 is 0 Å². The van der Waals surface area contributed by atoms with Crippen LogP contribution in [0.1, 0.15) is 48.0 Å². The van der Waals surface area contributed by atoms with Crippen LogP contribution >= 0.6 is 35.3 Å². The Labute approximate surface area is 218 Å². The highest BCUT2D eigenvalue weighted by molar-refractivity contribution is 8.00. The lowest BCUT2D eigenvalue weighted by atomic mass is 9.97. The normalized spacial score (nSPS) is 16.5. The number of thiocarbonyl (C=S) groups is 1. The smallest absolute Gasteiger partial charge is 0.257 e. The van der Waals surface area contributed by atoms with Crippen molar-refractivity contribution in [1.29, 1.82) is 5.26 Å². The molecule has 3 aromatic carbocycles. The summed E-state index contributed by atoms with van der Waals surface area (Å²) in [7, 11) is 0. The van der Waals surface area contributed by atoms with Gasteiger partial charge in [-0.2, -0.15) is 5.26 Å². The van der Waals surface area contributed by atoms with E-state index in [4.69, 9.17) is 12.2 Å². The van der Waals surface area contributed by atoms with Crippen molar-refractivity contribution in [1.82, 2.24) is 5.32 Å². The fourth-order valence-corrected chi connectivity index (χ4v) is 7.44. The van der Waals surface area contributed by atoms with Crippen LogP contribution < -0.4 is 10.6 Å². The third-order valence-corrected chi connectivity index (χ3v) is 8.95. The number of carbonyl (C=O) groups excluding carboxylic acids is 1. The lowest BCUT2D eigenvalue weighted by molar-refractivity contribution is 0.0977. The number of nitriles is 1. The van der Waals surface area contributed by atoms with Crippen molar-refractivity contribution in [2.45, 2.75) is 16.9 Å². The zero-order chi connectivity index (χ0) is 24.2. The van der Waals surface area contributed by atoms with Gasteiger partial charge < -0.3 is 5.32 Å². The molecule has 0 bridgehead atoms. The maximum atomic E-state index is 12.5. The van der Waals surface area contributed by atoms with Gasteiger partial charge in [-0.15, -0.1) is 23.1 Å². The molecular weight excluding hydrogens is 491 g/mol. The first-order valence-electron chi connectivity index (χ1n) is 11.1. The molecule has 1 aromatic heterocycles. The van der Waals surface area contributed by atoms with Crippen LogP contribution in [-0.4, -0.2) is 11.0 Å². The monoisotopic (exact) mass is 511 g/mol. The first kappa shape index (κ1) is 23.3. The molecular formula is C28H21N3OS3. The van der Waals surface area contributed by atoms with Gasteiger partial charge in [-0.25, -0.2) is 0 Å². The van der Waals surface area contributed by atoms with Crippen LogP contribution in [0.3, 0.4) is 0 Å². The maximum absolute atomic E-state index is 12.5. The first-order chi connectivity index (χ1) is 17.1. The third kappa shape index (κ3) is 5.01. The number of thiophene rings is 1. The summed E-state index contributed by atoms with van der Waals surface area (Å²) in [6.07, 6.45) is 0.761. The van der Waals surface area contributed by atoms with Gasteiger partial charge in [0.1, 0.15) is 11.1 Å². The van der Waals surface area contributed by atoms with E-state index in [1.807, 2.05) is 42.1 Å². The van der Waals surface area contributed by atoms with E-state index in [9.17, 15) is 10.1 Å². The minimum Gasteiger partial charge on any atom is -0.323 e. The van der Waals surface area contributed by atoms with Gasteiger partial charge in [0.2, 0.25) is 0 Å². The van der Waals surface area contributed by atoms with E-state index in [0.717, 1.165) is 16.9 Å². The second-order valence-corrected chi connectivity index (χ2v) is 10.8. The van der Waals surface area contributed by atoms with Gasteiger partial charge in [0.15, 0.2) is 5.11 Å². The standard InChI is InChI=1S/C28H21N3OS3/c29-17-22-21-16-23(18-10-4-1-5-11-18)34-24(19-12-6-2-7-13-19)25(21)35-27(22)31-28(33)30-26(32)20-14-8-3-9-15-20/h1-15,23-24H,16H2,(H2,30,31,32,33)/t23-,24-/m0/s1. The van der Waals surface area contributed by atoms with E-state index in [2.05, 4.69) is 53.1 Å². The zero-order valence-electron chi connectivity index (χ0n) is 18.6. The number of anilines is 1. The number of nitrogens with one attached hydrogen (secondary N) is 2. The van der Waals surface area contributed by atoms with Crippen LogP contribution in [-0.2, 0) is 6.42 Å². The fraction of sp³-hybridized carbons (Fsp3) is 0.107. The number of thioether (sulfide) groups is 1. The summed E-state index contributed by atoms with van der Waals surface area (Å²) in [4.78, 5) is 13.7. The molecule has 0 unspecified atom stereocenters. The van der Waals surface area contributed by atoms with Crippen molar-refractivity contribution >= 4 is 51.3 Å². The predicted octanol–water partition coefficient (Wildman–Crippen LogP) is 6.87. The number of nitrogens with zero attached hydrogens (tertiary/aromatic N) is 1. The molecule has 4 aromatic rings. The molecule has 0 fully saturated rings. The average Bonchev–Trinajstić information content (AvgIpc) is 3.26. The molecule has 0 radical (unpaired) electrons. The van der Waals surface area contributed by atoms with E-state index in [0.29, 0.717) is 16.1 Å². The molecule has 0 aliphatic carbocycles. The lowest BCUT2D eigenvalue weighted by Crippen LogP contribution is -2.34. The molecule has 0 saturated carbocycles. The van der Waals surface area contributed by atoms with Gasteiger partial charge in [-0.1, -0.05) is 78.9 Å². The molecule has 0 saturated heterocycles. The highest BCUT2D eigenvalue weighted by atomic mass is 32.2.